The maximum atomic E-state index is 13.5. The lowest BCUT2D eigenvalue weighted by Gasteiger charge is -2.60. The summed E-state index contributed by atoms with van der Waals surface area (Å²) in [5.41, 5.74) is -1.08. The summed E-state index contributed by atoms with van der Waals surface area (Å²) < 4.78 is 1.70. The Labute approximate surface area is 201 Å². The minimum atomic E-state index is -0.696. The number of aromatic nitrogens is 2. The molecule has 0 aliphatic heterocycles. The number of thioether (sulfide) groups is 1. The molecule has 5 rings (SSSR count). The third-order valence-electron chi connectivity index (χ3n) is 7.31. The minimum absolute atomic E-state index is 0.0517. The lowest BCUT2D eigenvalue weighted by molar-refractivity contribution is -0.139. The van der Waals surface area contributed by atoms with Crippen molar-refractivity contribution in [2.75, 3.05) is 6.54 Å². The lowest BCUT2D eigenvalue weighted by atomic mass is 9.51. The molecule has 182 valence electrons. The van der Waals surface area contributed by atoms with Gasteiger partial charge < -0.3 is 15.7 Å². The van der Waals surface area contributed by atoms with E-state index in [0.29, 0.717) is 30.4 Å². The summed E-state index contributed by atoms with van der Waals surface area (Å²) in [6, 6.07) is 0. The Bertz CT molecular complexity index is 937. The first-order valence-electron chi connectivity index (χ1n) is 12.2. The van der Waals surface area contributed by atoms with Crippen molar-refractivity contribution >= 4 is 29.8 Å². The van der Waals surface area contributed by atoms with E-state index in [4.69, 9.17) is 0 Å². The minimum Gasteiger partial charge on any atom is -0.390 e. The third kappa shape index (κ3) is 5.02. The van der Waals surface area contributed by atoms with E-state index in [2.05, 4.69) is 29.6 Å². The molecule has 0 spiro atoms. The van der Waals surface area contributed by atoms with E-state index in [-0.39, 0.29) is 22.6 Å². The van der Waals surface area contributed by atoms with Crippen LogP contribution in [-0.2, 0) is 4.79 Å². The predicted molar refractivity (Wildman–Crippen MR) is 131 cm³/mol. The van der Waals surface area contributed by atoms with Crippen LogP contribution in [0.2, 0.25) is 0 Å². The Balaban J connectivity index is 1.57. The van der Waals surface area contributed by atoms with Crippen LogP contribution in [-0.4, -0.2) is 49.6 Å². The van der Waals surface area contributed by atoms with Crippen molar-refractivity contribution < 1.29 is 14.7 Å². The van der Waals surface area contributed by atoms with E-state index in [0.717, 1.165) is 30.7 Å². The predicted octanol–water partition coefficient (Wildman–Crippen LogP) is 3.83. The van der Waals surface area contributed by atoms with Crippen molar-refractivity contribution in [3.05, 3.63) is 17.8 Å². The first-order valence-corrected chi connectivity index (χ1v) is 13.1. The fourth-order valence-corrected chi connectivity index (χ4v) is 7.28. The van der Waals surface area contributed by atoms with Crippen molar-refractivity contribution in [1.82, 2.24) is 20.4 Å². The third-order valence-corrected chi connectivity index (χ3v) is 8.41. The molecule has 0 aromatic carbocycles. The van der Waals surface area contributed by atoms with Crippen molar-refractivity contribution in [3.8, 4) is 0 Å². The highest BCUT2D eigenvalue weighted by Gasteiger charge is 2.57. The summed E-state index contributed by atoms with van der Waals surface area (Å²) in [5.74, 6) is 0.835. The van der Waals surface area contributed by atoms with Gasteiger partial charge in [0, 0.05) is 23.5 Å². The molecule has 0 saturated heterocycles. The summed E-state index contributed by atoms with van der Waals surface area (Å²) in [6.07, 6.45) is 10.7. The number of hydrogen-bond acceptors (Lipinski definition) is 5. The highest BCUT2D eigenvalue weighted by atomic mass is 32.2. The van der Waals surface area contributed by atoms with Gasteiger partial charge in [0.05, 0.1) is 22.8 Å². The van der Waals surface area contributed by atoms with Crippen molar-refractivity contribution in [2.45, 2.75) is 94.6 Å². The van der Waals surface area contributed by atoms with Crippen LogP contribution in [0, 0.1) is 17.3 Å². The number of aliphatic hydroxyl groups is 1. The first-order chi connectivity index (χ1) is 15.4. The van der Waals surface area contributed by atoms with E-state index in [9.17, 15) is 14.7 Å². The fourth-order valence-electron chi connectivity index (χ4n) is 6.34. The van der Waals surface area contributed by atoms with Crippen LogP contribution < -0.4 is 10.6 Å². The number of carbonyl (C=O) groups excluding carboxylic acids is 2. The van der Waals surface area contributed by atoms with Gasteiger partial charge in [-0.1, -0.05) is 19.9 Å². The van der Waals surface area contributed by atoms with Gasteiger partial charge in [0.15, 0.2) is 0 Å². The lowest BCUT2D eigenvalue weighted by Crippen LogP contribution is -2.65. The molecule has 1 aromatic heterocycles. The average Bonchev–Trinajstić information content (AvgIpc) is 3.06. The van der Waals surface area contributed by atoms with E-state index in [1.54, 1.807) is 28.8 Å². The zero-order valence-corrected chi connectivity index (χ0v) is 21.3. The van der Waals surface area contributed by atoms with Crippen LogP contribution in [0.15, 0.2) is 17.3 Å². The molecule has 4 bridgehead atoms. The summed E-state index contributed by atoms with van der Waals surface area (Å²) in [4.78, 5) is 25.9. The van der Waals surface area contributed by atoms with Crippen LogP contribution in [0.5, 0.6) is 0 Å². The van der Waals surface area contributed by atoms with Crippen molar-refractivity contribution in [2.24, 2.45) is 17.3 Å². The zero-order chi connectivity index (χ0) is 24.0. The van der Waals surface area contributed by atoms with Crippen LogP contribution in [0.3, 0.4) is 0 Å². The van der Waals surface area contributed by atoms with Gasteiger partial charge in [0.25, 0.3) is 5.91 Å². The largest absolute Gasteiger partial charge is 0.390 e. The van der Waals surface area contributed by atoms with E-state index < -0.39 is 11.0 Å². The zero-order valence-electron chi connectivity index (χ0n) is 20.5. The molecule has 7 nitrogen and oxygen atoms in total. The molecule has 4 aliphatic rings. The maximum Gasteiger partial charge on any atom is 0.256 e. The number of nitrogens with zero attached hydrogens (tertiary/aromatic N) is 2. The molecule has 2 atom stereocenters. The van der Waals surface area contributed by atoms with Gasteiger partial charge in [-0.3, -0.25) is 9.59 Å². The Morgan fingerprint density at radius 1 is 1.30 bits per heavy atom. The standard InChI is InChI=1S/C25H38N4O3S/c1-6-26-22(31)23(4,5)7-8-29-21(33-16(2)3)19(14-27-29)20(30)28-24-10-17-9-18(11-24)13-25(32,12-17)15-24/h7-8,14,16-18,32H,6,9-13,15H2,1-5H3,(H,26,31)(H,28,30)/b8-7+/t17?,18?,24-,25-. The Morgan fingerprint density at radius 3 is 2.55 bits per heavy atom. The average molecular weight is 475 g/mol. The molecule has 8 heteroatoms. The smallest absolute Gasteiger partial charge is 0.256 e. The summed E-state index contributed by atoms with van der Waals surface area (Å²) >= 11 is 1.59. The SMILES string of the molecule is CCNC(=O)C(C)(C)/C=C/n1ncc(C(=O)N[C@]23CC4CC(C[C@@](O)(C4)C2)C3)c1SC(C)C. The van der Waals surface area contributed by atoms with Crippen LogP contribution in [0.1, 0.15) is 83.5 Å². The summed E-state index contributed by atoms with van der Waals surface area (Å²) in [5, 5.41) is 22.8. The Morgan fingerprint density at radius 2 is 1.97 bits per heavy atom. The molecule has 4 saturated carbocycles. The topological polar surface area (TPSA) is 96.2 Å². The first kappa shape index (κ1) is 24.3. The van der Waals surface area contributed by atoms with Gasteiger partial charge in [-0.05, 0) is 71.1 Å². The number of nitrogens with one attached hydrogen (secondary N) is 2. The van der Waals surface area contributed by atoms with Gasteiger partial charge in [-0.2, -0.15) is 5.10 Å². The maximum absolute atomic E-state index is 13.5. The quantitative estimate of drug-likeness (QED) is 0.498. The molecule has 2 unspecified atom stereocenters. The molecule has 4 fully saturated rings. The van der Waals surface area contributed by atoms with E-state index in [1.807, 2.05) is 26.8 Å². The fraction of sp³-hybridized carbons (Fsp3) is 0.720. The second-order valence-electron chi connectivity index (χ2n) is 11.3. The normalized spacial score (nSPS) is 30.9. The van der Waals surface area contributed by atoms with Crippen molar-refractivity contribution in [3.63, 3.8) is 0 Å². The van der Waals surface area contributed by atoms with Gasteiger partial charge in [-0.15, -0.1) is 11.8 Å². The molecule has 2 amide bonds. The molecule has 3 N–H and O–H groups in total. The van der Waals surface area contributed by atoms with Crippen LogP contribution in [0.4, 0.5) is 0 Å². The number of rotatable bonds is 8. The molecule has 33 heavy (non-hydrogen) atoms. The molecular formula is C25H38N4O3S. The number of hydrogen-bond donors (Lipinski definition) is 3. The molecule has 4 aliphatic carbocycles. The van der Waals surface area contributed by atoms with Crippen molar-refractivity contribution in [1.29, 1.82) is 0 Å². The Kier molecular flexibility index (Phi) is 6.46. The highest BCUT2D eigenvalue weighted by Crippen LogP contribution is 2.57. The van der Waals surface area contributed by atoms with Crippen LogP contribution in [0.25, 0.3) is 6.20 Å². The number of carbonyl (C=O) groups is 2. The van der Waals surface area contributed by atoms with Gasteiger partial charge in [0.2, 0.25) is 5.91 Å². The summed E-state index contributed by atoms with van der Waals surface area (Å²) in [6.45, 7) is 10.4. The Hall–Kier alpha value is -1.80. The van der Waals surface area contributed by atoms with Crippen LogP contribution >= 0.6 is 11.8 Å². The monoisotopic (exact) mass is 474 g/mol. The molecule has 0 radical (unpaired) electrons. The molecular weight excluding hydrogens is 436 g/mol. The summed E-state index contributed by atoms with van der Waals surface area (Å²) in [7, 11) is 0. The highest BCUT2D eigenvalue weighted by molar-refractivity contribution is 7.99. The van der Waals surface area contributed by atoms with Gasteiger partial charge >= 0.3 is 0 Å². The second-order valence-corrected chi connectivity index (χ2v) is 12.9. The molecule has 1 aromatic rings. The van der Waals surface area contributed by atoms with E-state index in [1.165, 1.54) is 6.42 Å². The second kappa shape index (κ2) is 8.77. The number of amides is 2. The van der Waals surface area contributed by atoms with Gasteiger partial charge in [0.1, 0.15) is 5.03 Å². The van der Waals surface area contributed by atoms with Gasteiger partial charge in [-0.25, -0.2) is 4.68 Å². The van der Waals surface area contributed by atoms with E-state index >= 15 is 0 Å². The molecule has 1 heterocycles.